The lowest BCUT2D eigenvalue weighted by atomic mass is 10.2. The van der Waals surface area contributed by atoms with Crippen LogP contribution in [0.1, 0.15) is 18.9 Å². The second-order valence-electron chi connectivity index (χ2n) is 4.40. The van der Waals surface area contributed by atoms with Gasteiger partial charge in [-0.2, -0.15) is 0 Å². The van der Waals surface area contributed by atoms with Crippen molar-refractivity contribution >= 4 is 17.7 Å². The molecule has 1 rings (SSSR count). The van der Waals surface area contributed by atoms with Gasteiger partial charge < -0.3 is 15.7 Å². The summed E-state index contributed by atoms with van der Waals surface area (Å²) in [6.07, 6.45) is 3.47. The molecule has 0 aliphatic heterocycles. The van der Waals surface area contributed by atoms with Crippen molar-refractivity contribution in [2.24, 2.45) is 0 Å². The van der Waals surface area contributed by atoms with Crippen molar-refractivity contribution in [3.63, 3.8) is 0 Å². The van der Waals surface area contributed by atoms with Gasteiger partial charge in [-0.25, -0.2) is 0 Å². The molecule has 18 heavy (non-hydrogen) atoms. The first-order valence-corrected chi connectivity index (χ1v) is 5.96. The van der Waals surface area contributed by atoms with Crippen LogP contribution < -0.4 is 5.73 Å². The van der Waals surface area contributed by atoms with Crippen molar-refractivity contribution in [2.75, 3.05) is 19.3 Å². The molecular weight excluding hydrogens is 228 g/mol. The molecule has 0 radical (unpaired) electrons. The molecule has 1 unspecified atom stereocenters. The van der Waals surface area contributed by atoms with Crippen LogP contribution in [0.3, 0.4) is 0 Å². The number of amides is 1. The van der Waals surface area contributed by atoms with E-state index < -0.39 is 0 Å². The molecule has 1 aromatic carbocycles. The van der Waals surface area contributed by atoms with Gasteiger partial charge in [-0.05, 0) is 37.1 Å². The summed E-state index contributed by atoms with van der Waals surface area (Å²) < 4.78 is 0. The van der Waals surface area contributed by atoms with E-state index in [0.29, 0.717) is 18.7 Å². The molecule has 3 N–H and O–H groups in total. The minimum atomic E-state index is -0.388. The summed E-state index contributed by atoms with van der Waals surface area (Å²) in [7, 11) is 1.72. The molecule has 0 saturated carbocycles. The number of aliphatic hydroxyl groups excluding tert-OH is 1. The van der Waals surface area contributed by atoms with E-state index in [0.717, 1.165) is 5.56 Å². The highest BCUT2D eigenvalue weighted by Crippen LogP contribution is 2.07. The van der Waals surface area contributed by atoms with Gasteiger partial charge in [0.05, 0.1) is 6.10 Å². The van der Waals surface area contributed by atoms with Crippen LogP contribution in [0.5, 0.6) is 0 Å². The second kappa shape index (κ2) is 6.81. The zero-order chi connectivity index (χ0) is 13.5. The first-order valence-electron chi connectivity index (χ1n) is 5.96. The number of likely N-dealkylation sites (N-methyl/N-ethyl adjacent to an activating group) is 1. The van der Waals surface area contributed by atoms with E-state index >= 15 is 0 Å². The predicted octanol–water partition coefficient (Wildman–Crippen LogP) is 1.51. The van der Waals surface area contributed by atoms with Crippen LogP contribution in [0, 0.1) is 0 Å². The number of benzene rings is 1. The topological polar surface area (TPSA) is 66.6 Å². The number of carbonyl (C=O) groups is 1. The molecular formula is C14H20N2O2. The largest absolute Gasteiger partial charge is 0.399 e. The Morgan fingerprint density at radius 1 is 1.44 bits per heavy atom. The fourth-order valence-corrected chi connectivity index (χ4v) is 1.39. The van der Waals surface area contributed by atoms with Crippen LogP contribution in [0.15, 0.2) is 30.3 Å². The summed E-state index contributed by atoms with van der Waals surface area (Å²) in [5, 5.41) is 9.15. The highest BCUT2D eigenvalue weighted by Gasteiger charge is 2.05. The quantitative estimate of drug-likeness (QED) is 0.613. The lowest BCUT2D eigenvalue weighted by Crippen LogP contribution is -2.27. The lowest BCUT2D eigenvalue weighted by molar-refractivity contribution is -0.124. The van der Waals surface area contributed by atoms with Gasteiger partial charge in [0.1, 0.15) is 0 Å². The number of hydrogen-bond donors (Lipinski definition) is 2. The first kappa shape index (κ1) is 14.3. The fraction of sp³-hybridized carbons (Fsp3) is 0.357. The molecule has 0 aliphatic carbocycles. The predicted molar refractivity (Wildman–Crippen MR) is 73.8 cm³/mol. The Bertz CT molecular complexity index is 410. The van der Waals surface area contributed by atoms with Crippen molar-refractivity contribution in [3.8, 4) is 0 Å². The first-order chi connectivity index (χ1) is 8.49. The Morgan fingerprint density at radius 3 is 2.61 bits per heavy atom. The Labute approximate surface area is 108 Å². The van der Waals surface area contributed by atoms with Crippen molar-refractivity contribution in [2.45, 2.75) is 19.4 Å². The highest BCUT2D eigenvalue weighted by molar-refractivity contribution is 5.91. The van der Waals surface area contributed by atoms with Crippen LogP contribution in [0.4, 0.5) is 5.69 Å². The molecule has 4 nitrogen and oxygen atoms in total. The Kier molecular flexibility index (Phi) is 5.39. The van der Waals surface area contributed by atoms with E-state index in [2.05, 4.69) is 0 Å². The molecule has 0 saturated heterocycles. The fourth-order valence-electron chi connectivity index (χ4n) is 1.39. The number of nitrogens with two attached hydrogens (primary N) is 1. The van der Waals surface area contributed by atoms with E-state index in [-0.39, 0.29) is 12.0 Å². The Hall–Kier alpha value is -1.81. The summed E-state index contributed by atoms with van der Waals surface area (Å²) in [4.78, 5) is 13.3. The SMILES string of the molecule is CC(O)CCN(C)C(=O)/C=C/c1ccc(N)cc1. The lowest BCUT2D eigenvalue weighted by Gasteiger charge is -2.15. The Balaban J connectivity index is 2.50. The van der Waals surface area contributed by atoms with Crippen molar-refractivity contribution in [3.05, 3.63) is 35.9 Å². The number of nitrogen functional groups attached to an aromatic ring is 1. The van der Waals surface area contributed by atoms with E-state index in [1.165, 1.54) is 6.08 Å². The second-order valence-corrected chi connectivity index (χ2v) is 4.40. The summed E-state index contributed by atoms with van der Waals surface area (Å²) in [6.45, 7) is 2.26. The number of hydrogen-bond acceptors (Lipinski definition) is 3. The molecule has 0 bridgehead atoms. The molecule has 4 heteroatoms. The molecule has 0 spiro atoms. The normalized spacial score (nSPS) is 12.6. The molecule has 1 amide bonds. The van der Waals surface area contributed by atoms with Gasteiger partial charge in [-0.3, -0.25) is 4.79 Å². The third-order valence-corrected chi connectivity index (χ3v) is 2.61. The van der Waals surface area contributed by atoms with Gasteiger partial charge in [0.2, 0.25) is 5.91 Å². The average molecular weight is 248 g/mol. The highest BCUT2D eigenvalue weighted by atomic mass is 16.3. The molecule has 98 valence electrons. The molecule has 0 fully saturated rings. The van der Waals surface area contributed by atoms with Crippen LogP contribution in [-0.2, 0) is 4.79 Å². The van der Waals surface area contributed by atoms with Crippen molar-refractivity contribution < 1.29 is 9.90 Å². The maximum atomic E-state index is 11.7. The van der Waals surface area contributed by atoms with Gasteiger partial charge in [-0.15, -0.1) is 0 Å². The van der Waals surface area contributed by atoms with Crippen molar-refractivity contribution in [1.82, 2.24) is 4.90 Å². The molecule has 0 aliphatic rings. The van der Waals surface area contributed by atoms with Crippen LogP contribution in [0.25, 0.3) is 6.08 Å². The number of nitrogens with zero attached hydrogens (tertiary/aromatic N) is 1. The molecule has 0 heterocycles. The van der Waals surface area contributed by atoms with E-state index in [1.54, 1.807) is 37.1 Å². The van der Waals surface area contributed by atoms with E-state index in [9.17, 15) is 4.79 Å². The number of rotatable bonds is 5. The minimum absolute atomic E-state index is 0.0764. The van der Waals surface area contributed by atoms with Crippen molar-refractivity contribution in [1.29, 1.82) is 0 Å². The Morgan fingerprint density at radius 2 is 2.06 bits per heavy atom. The van der Waals surface area contributed by atoms with Gasteiger partial charge in [-0.1, -0.05) is 12.1 Å². The van der Waals surface area contributed by atoms with Crippen LogP contribution in [0.2, 0.25) is 0 Å². The third-order valence-electron chi connectivity index (χ3n) is 2.61. The smallest absolute Gasteiger partial charge is 0.246 e. The standard InChI is InChI=1S/C14H20N2O2/c1-11(17)9-10-16(2)14(18)8-5-12-3-6-13(15)7-4-12/h3-8,11,17H,9-10,15H2,1-2H3/b8-5+. The van der Waals surface area contributed by atoms with Crippen LogP contribution in [-0.4, -0.2) is 35.6 Å². The number of anilines is 1. The zero-order valence-electron chi connectivity index (χ0n) is 10.8. The maximum absolute atomic E-state index is 11.7. The van der Waals surface area contributed by atoms with Gasteiger partial charge in [0.15, 0.2) is 0 Å². The third kappa shape index (κ3) is 5.01. The van der Waals surface area contributed by atoms with Crippen LogP contribution >= 0.6 is 0 Å². The van der Waals surface area contributed by atoms with E-state index in [4.69, 9.17) is 10.8 Å². The minimum Gasteiger partial charge on any atom is -0.399 e. The monoisotopic (exact) mass is 248 g/mol. The molecule has 1 atom stereocenters. The summed E-state index contributed by atoms with van der Waals surface area (Å²) in [5.74, 6) is -0.0764. The molecule has 1 aromatic rings. The number of aliphatic hydroxyl groups is 1. The van der Waals surface area contributed by atoms with Gasteiger partial charge in [0, 0.05) is 25.4 Å². The summed E-state index contributed by atoms with van der Waals surface area (Å²) >= 11 is 0. The number of carbonyl (C=O) groups excluding carboxylic acids is 1. The summed E-state index contributed by atoms with van der Waals surface area (Å²) in [5.41, 5.74) is 7.21. The average Bonchev–Trinajstić information content (AvgIpc) is 2.34. The molecule has 0 aromatic heterocycles. The summed E-state index contributed by atoms with van der Waals surface area (Å²) in [6, 6.07) is 7.30. The van der Waals surface area contributed by atoms with E-state index in [1.807, 2.05) is 12.1 Å². The van der Waals surface area contributed by atoms with Gasteiger partial charge >= 0.3 is 0 Å². The zero-order valence-corrected chi connectivity index (χ0v) is 10.8. The maximum Gasteiger partial charge on any atom is 0.246 e. The van der Waals surface area contributed by atoms with Gasteiger partial charge in [0.25, 0.3) is 0 Å².